The standard InChI is InChI=1S/C30H26O6/c1-2-24-16-11-18-26(30(32)34-21-23-14-7-4-8-15-23)28(24)36-35-27-19-10-9-17-25(27)29(31)33-20-22-12-5-3-6-13-22/h3-19H,2,20-21H2,1H3. The number of rotatable bonds is 10. The Kier molecular flexibility index (Phi) is 8.33. The molecule has 0 amide bonds. The number of ether oxygens (including phenoxy) is 2. The van der Waals surface area contributed by atoms with E-state index in [9.17, 15) is 9.59 Å². The summed E-state index contributed by atoms with van der Waals surface area (Å²) in [7, 11) is 0. The van der Waals surface area contributed by atoms with E-state index >= 15 is 0 Å². The lowest BCUT2D eigenvalue weighted by Gasteiger charge is -2.15. The van der Waals surface area contributed by atoms with Crippen LogP contribution in [0.5, 0.6) is 11.5 Å². The second-order valence-electron chi connectivity index (χ2n) is 7.93. The van der Waals surface area contributed by atoms with Gasteiger partial charge in [0, 0.05) is 5.56 Å². The molecule has 0 fully saturated rings. The number of benzene rings is 4. The quantitative estimate of drug-likeness (QED) is 0.149. The van der Waals surface area contributed by atoms with Crippen molar-refractivity contribution in [2.24, 2.45) is 0 Å². The van der Waals surface area contributed by atoms with E-state index in [4.69, 9.17) is 19.2 Å². The van der Waals surface area contributed by atoms with Gasteiger partial charge in [-0.05, 0) is 35.7 Å². The zero-order chi connectivity index (χ0) is 25.2. The van der Waals surface area contributed by atoms with Gasteiger partial charge >= 0.3 is 11.9 Å². The minimum absolute atomic E-state index is 0.130. The average Bonchev–Trinajstić information content (AvgIpc) is 2.94. The zero-order valence-corrected chi connectivity index (χ0v) is 19.9. The molecule has 0 aliphatic carbocycles. The molecule has 4 aromatic rings. The van der Waals surface area contributed by atoms with Crippen LogP contribution in [0, 0.1) is 0 Å². The molecule has 4 aromatic carbocycles. The lowest BCUT2D eigenvalue weighted by atomic mass is 10.1. The molecule has 6 heteroatoms. The summed E-state index contributed by atoms with van der Waals surface area (Å²) in [5.74, 6) is -0.678. The summed E-state index contributed by atoms with van der Waals surface area (Å²) in [6, 6.07) is 30.6. The Morgan fingerprint density at radius 3 is 1.72 bits per heavy atom. The zero-order valence-electron chi connectivity index (χ0n) is 19.9. The minimum atomic E-state index is -0.552. The van der Waals surface area contributed by atoms with E-state index in [1.165, 1.54) is 0 Å². The molecular formula is C30H26O6. The van der Waals surface area contributed by atoms with Crippen LogP contribution in [0.15, 0.2) is 103 Å². The summed E-state index contributed by atoms with van der Waals surface area (Å²) in [5.41, 5.74) is 2.94. The van der Waals surface area contributed by atoms with Crippen LogP contribution >= 0.6 is 0 Å². The fourth-order valence-corrected chi connectivity index (χ4v) is 3.52. The molecule has 0 saturated carbocycles. The van der Waals surface area contributed by atoms with Crippen molar-refractivity contribution < 1.29 is 28.8 Å². The predicted octanol–water partition coefficient (Wildman–Crippen LogP) is 6.34. The summed E-state index contributed by atoms with van der Waals surface area (Å²) in [6.07, 6.45) is 0.596. The monoisotopic (exact) mass is 482 g/mol. The first-order chi connectivity index (χ1) is 17.7. The van der Waals surface area contributed by atoms with Crippen LogP contribution in [-0.2, 0) is 29.1 Å². The van der Waals surface area contributed by atoms with E-state index in [-0.39, 0.29) is 35.8 Å². The van der Waals surface area contributed by atoms with Gasteiger partial charge in [-0.1, -0.05) is 91.9 Å². The van der Waals surface area contributed by atoms with Crippen molar-refractivity contribution in [3.63, 3.8) is 0 Å². The maximum atomic E-state index is 12.9. The fourth-order valence-electron chi connectivity index (χ4n) is 3.52. The Morgan fingerprint density at radius 1 is 0.583 bits per heavy atom. The number of carbonyl (C=O) groups excluding carboxylic acids is 2. The van der Waals surface area contributed by atoms with Crippen LogP contribution < -0.4 is 9.78 Å². The van der Waals surface area contributed by atoms with Gasteiger partial charge in [0.1, 0.15) is 24.3 Å². The lowest BCUT2D eigenvalue weighted by molar-refractivity contribution is -0.102. The van der Waals surface area contributed by atoms with E-state index in [0.717, 1.165) is 16.7 Å². The van der Waals surface area contributed by atoms with Gasteiger partial charge in [0.2, 0.25) is 0 Å². The van der Waals surface area contributed by atoms with Crippen LogP contribution in [0.25, 0.3) is 0 Å². The number of hydrogen-bond acceptors (Lipinski definition) is 6. The van der Waals surface area contributed by atoms with Gasteiger partial charge in [-0.3, -0.25) is 9.78 Å². The molecule has 0 N–H and O–H groups in total. The molecule has 182 valence electrons. The first-order valence-electron chi connectivity index (χ1n) is 11.6. The Hall–Kier alpha value is -4.58. The topological polar surface area (TPSA) is 71.1 Å². The highest BCUT2D eigenvalue weighted by Gasteiger charge is 2.21. The number of aryl methyl sites for hydroxylation is 1. The van der Waals surface area contributed by atoms with Crippen LogP contribution in [-0.4, -0.2) is 11.9 Å². The first-order valence-corrected chi connectivity index (χ1v) is 11.6. The molecule has 0 heterocycles. The average molecular weight is 483 g/mol. The molecule has 6 nitrogen and oxygen atoms in total. The molecule has 0 aromatic heterocycles. The molecule has 0 aliphatic rings. The van der Waals surface area contributed by atoms with E-state index < -0.39 is 11.9 Å². The van der Waals surface area contributed by atoms with Gasteiger partial charge in [-0.25, -0.2) is 9.59 Å². The number of carbonyl (C=O) groups is 2. The Labute approximate surface area is 209 Å². The van der Waals surface area contributed by atoms with Crippen molar-refractivity contribution in [1.29, 1.82) is 0 Å². The van der Waals surface area contributed by atoms with Crippen molar-refractivity contribution in [2.75, 3.05) is 0 Å². The van der Waals surface area contributed by atoms with Crippen molar-refractivity contribution in [2.45, 2.75) is 26.6 Å². The van der Waals surface area contributed by atoms with Crippen molar-refractivity contribution in [3.8, 4) is 11.5 Å². The largest absolute Gasteiger partial charge is 0.457 e. The molecule has 0 unspecified atom stereocenters. The van der Waals surface area contributed by atoms with Crippen LogP contribution in [0.3, 0.4) is 0 Å². The van der Waals surface area contributed by atoms with E-state index in [0.29, 0.717) is 6.42 Å². The van der Waals surface area contributed by atoms with Crippen LogP contribution in [0.4, 0.5) is 0 Å². The molecule has 0 aliphatic heterocycles. The first kappa shape index (κ1) is 24.5. The summed E-state index contributed by atoms with van der Waals surface area (Å²) < 4.78 is 10.9. The fraction of sp³-hybridized carbons (Fsp3) is 0.133. The highest BCUT2D eigenvalue weighted by atomic mass is 17.2. The highest BCUT2D eigenvalue weighted by molar-refractivity contribution is 5.93. The number of para-hydroxylation sites is 2. The molecule has 0 radical (unpaired) electrons. The van der Waals surface area contributed by atoms with E-state index in [2.05, 4.69) is 0 Å². The summed E-state index contributed by atoms with van der Waals surface area (Å²) in [4.78, 5) is 36.9. The smallest absolute Gasteiger partial charge is 0.342 e. The van der Waals surface area contributed by atoms with Gasteiger partial charge in [0.05, 0.1) is 0 Å². The maximum absolute atomic E-state index is 12.9. The molecule has 36 heavy (non-hydrogen) atoms. The second-order valence-corrected chi connectivity index (χ2v) is 7.93. The minimum Gasteiger partial charge on any atom is -0.457 e. The summed E-state index contributed by atoms with van der Waals surface area (Å²) in [5, 5.41) is 0. The molecule has 4 rings (SSSR count). The van der Waals surface area contributed by atoms with E-state index in [1.807, 2.05) is 73.7 Å². The third kappa shape index (κ3) is 6.30. The Bertz CT molecular complexity index is 1300. The van der Waals surface area contributed by atoms with Crippen molar-refractivity contribution >= 4 is 11.9 Å². The molecule has 0 bridgehead atoms. The Morgan fingerprint density at radius 2 is 1.11 bits per heavy atom. The van der Waals surface area contributed by atoms with Crippen molar-refractivity contribution in [1.82, 2.24) is 0 Å². The molecule has 0 spiro atoms. The van der Waals surface area contributed by atoms with Crippen LogP contribution in [0.2, 0.25) is 0 Å². The van der Waals surface area contributed by atoms with Gasteiger partial charge in [0.25, 0.3) is 0 Å². The number of esters is 2. The Balaban J connectivity index is 1.48. The molecular weight excluding hydrogens is 456 g/mol. The summed E-state index contributed by atoms with van der Waals surface area (Å²) in [6.45, 7) is 2.20. The van der Waals surface area contributed by atoms with Gasteiger partial charge in [-0.2, -0.15) is 0 Å². The van der Waals surface area contributed by atoms with Gasteiger partial charge in [-0.15, -0.1) is 0 Å². The molecule has 0 atom stereocenters. The van der Waals surface area contributed by atoms with Gasteiger partial charge < -0.3 is 9.47 Å². The normalized spacial score (nSPS) is 10.4. The van der Waals surface area contributed by atoms with Gasteiger partial charge in [0.15, 0.2) is 11.5 Å². The predicted molar refractivity (Wildman–Crippen MR) is 135 cm³/mol. The number of hydrogen-bond donors (Lipinski definition) is 0. The summed E-state index contributed by atoms with van der Waals surface area (Å²) >= 11 is 0. The second kappa shape index (κ2) is 12.2. The maximum Gasteiger partial charge on any atom is 0.342 e. The third-order valence-electron chi connectivity index (χ3n) is 5.44. The van der Waals surface area contributed by atoms with E-state index in [1.54, 1.807) is 36.4 Å². The SMILES string of the molecule is CCc1cccc(C(=O)OCc2ccccc2)c1OOc1ccccc1C(=O)OCc1ccccc1. The third-order valence-corrected chi connectivity index (χ3v) is 5.44. The van der Waals surface area contributed by atoms with Crippen LogP contribution in [0.1, 0.15) is 44.3 Å². The lowest BCUT2D eigenvalue weighted by Crippen LogP contribution is -2.13. The highest BCUT2D eigenvalue weighted by Crippen LogP contribution is 2.28. The van der Waals surface area contributed by atoms with Crippen molar-refractivity contribution in [3.05, 3.63) is 131 Å². The molecule has 0 saturated heterocycles.